The van der Waals surface area contributed by atoms with Crippen LogP contribution in [0.1, 0.15) is 53.9 Å². The molecule has 1 unspecified atom stereocenters. The number of aliphatic hydroxyl groups excluding tert-OH is 1. The van der Waals surface area contributed by atoms with Crippen LogP contribution in [0.25, 0.3) is 0 Å². The SMILES string of the molecule is CCN/C(=C\C(O)CC(C)(C)CC=O)CC(C)C. The van der Waals surface area contributed by atoms with Crippen LogP contribution in [0.2, 0.25) is 0 Å². The van der Waals surface area contributed by atoms with Gasteiger partial charge in [-0.05, 0) is 37.2 Å². The lowest BCUT2D eigenvalue weighted by Crippen LogP contribution is -2.22. The normalized spacial score (nSPS) is 14.7. The van der Waals surface area contributed by atoms with E-state index in [-0.39, 0.29) is 5.41 Å². The number of aliphatic hydroxyl groups is 1. The van der Waals surface area contributed by atoms with Crippen molar-refractivity contribution in [1.82, 2.24) is 5.32 Å². The van der Waals surface area contributed by atoms with E-state index in [9.17, 15) is 9.90 Å². The molecule has 0 aromatic heterocycles. The lowest BCUT2D eigenvalue weighted by atomic mass is 9.83. The highest BCUT2D eigenvalue weighted by Crippen LogP contribution is 2.26. The zero-order valence-corrected chi connectivity index (χ0v) is 12.5. The molecule has 0 radical (unpaired) electrons. The molecule has 0 aromatic rings. The van der Waals surface area contributed by atoms with E-state index in [1.54, 1.807) is 0 Å². The standard InChI is InChI=1S/C15H29NO2/c1-6-16-13(9-12(2)3)10-14(18)11-15(4,5)7-8-17/h8,10,12,14,16,18H,6-7,9,11H2,1-5H3/b13-10-. The fourth-order valence-electron chi connectivity index (χ4n) is 2.03. The first-order valence-corrected chi connectivity index (χ1v) is 6.87. The van der Waals surface area contributed by atoms with Crippen molar-refractivity contribution in [2.24, 2.45) is 11.3 Å². The minimum absolute atomic E-state index is 0.146. The number of nitrogens with one attached hydrogen (secondary N) is 1. The topological polar surface area (TPSA) is 49.3 Å². The summed E-state index contributed by atoms with van der Waals surface area (Å²) in [4.78, 5) is 10.6. The van der Waals surface area contributed by atoms with E-state index in [1.165, 1.54) is 0 Å². The smallest absolute Gasteiger partial charge is 0.120 e. The summed E-state index contributed by atoms with van der Waals surface area (Å²) in [5, 5.41) is 13.4. The maximum absolute atomic E-state index is 10.6. The lowest BCUT2D eigenvalue weighted by Gasteiger charge is -2.24. The monoisotopic (exact) mass is 255 g/mol. The summed E-state index contributed by atoms with van der Waals surface area (Å²) in [5.41, 5.74) is 0.953. The van der Waals surface area contributed by atoms with Crippen molar-refractivity contribution in [2.45, 2.75) is 60.0 Å². The lowest BCUT2D eigenvalue weighted by molar-refractivity contribution is -0.109. The first-order valence-electron chi connectivity index (χ1n) is 6.87. The molecule has 0 heterocycles. The summed E-state index contributed by atoms with van der Waals surface area (Å²) in [5.74, 6) is 0.561. The van der Waals surface area contributed by atoms with E-state index < -0.39 is 6.10 Å². The van der Waals surface area contributed by atoms with Crippen molar-refractivity contribution in [3.05, 3.63) is 11.8 Å². The van der Waals surface area contributed by atoms with E-state index in [0.29, 0.717) is 18.8 Å². The number of allylic oxidation sites excluding steroid dienone is 1. The molecule has 0 aromatic carbocycles. The third kappa shape index (κ3) is 8.29. The molecule has 0 amide bonds. The van der Waals surface area contributed by atoms with Crippen LogP contribution < -0.4 is 5.32 Å². The van der Waals surface area contributed by atoms with Gasteiger partial charge < -0.3 is 15.2 Å². The van der Waals surface area contributed by atoms with Crippen LogP contribution in [-0.2, 0) is 4.79 Å². The minimum atomic E-state index is -0.493. The second-order valence-electron chi connectivity index (χ2n) is 6.13. The van der Waals surface area contributed by atoms with Gasteiger partial charge in [-0.2, -0.15) is 0 Å². The largest absolute Gasteiger partial charge is 0.389 e. The van der Waals surface area contributed by atoms with Gasteiger partial charge in [0.05, 0.1) is 6.10 Å². The maximum Gasteiger partial charge on any atom is 0.120 e. The van der Waals surface area contributed by atoms with Crippen LogP contribution >= 0.6 is 0 Å². The highest BCUT2D eigenvalue weighted by atomic mass is 16.3. The Morgan fingerprint density at radius 1 is 1.39 bits per heavy atom. The molecule has 0 rings (SSSR count). The molecule has 0 aliphatic heterocycles. The number of aldehydes is 1. The number of rotatable bonds is 9. The predicted octanol–water partition coefficient (Wildman–Crippen LogP) is 2.89. The van der Waals surface area contributed by atoms with Gasteiger partial charge in [0.2, 0.25) is 0 Å². The van der Waals surface area contributed by atoms with Crippen molar-refractivity contribution < 1.29 is 9.90 Å². The molecule has 2 N–H and O–H groups in total. The third-order valence-electron chi connectivity index (χ3n) is 2.82. The minimum Gasteiger partial charge on any atom is -0.389 e. The van der Waals surface area contributed by atoms with Crippen molar-refractivity contribution in [1.29, 1.82) is 0 Å². The molecule has 106 valence electrons. The summed E-state index contributed by atoms with van der Waals surface area (Å²) in [7, 11) is 0. The molecule has 18 heavy (non-hydrogen) atoms. The molecule has 0 fully saturated rings. The Morgan fingerprint density at radius 3 is 2.44 bits per heavy atom. The molecule has 3 nitrogen and oxygen atoms in total. The third-order valence-corrected chi connectivity index (χ3v) is 2.82. The van der Waals surface area contributed by atoms with E-state index in [4.69, 9.17) is 0 Å². The second kappa shape index (κ2) is 8.30. The molecule has 0 spiro atoms. The second-order valence-corrected chi connectivity index (χ2v) is 6.13. The van der Waals surface area contributed by atoms with Gasteiger partial charge in [-0.15, -0.1) is 0 Å². The van der Waals surface area contributed by atoms with Crippen LogP contribution in [0.4, 0.5) is 0 Å². The highest BCUT2D eigenvalue weighted by molar-refractivity contribution is 5.50. The summed E-state index contributed by atoms with van der Waals surface area (Å²) in [6.45, 7) is 11.3. The summed E-state index contributed by atoms with van der Waals surface area (Å²) >= 11 is 0. The van der Waals surface area contributed by atoms with Crippen LogP contribution in [0.3, 0.4) is 0 Å². The number of hydrogen-bond donors (Lipinski definition) is 2. The maximum atomic E-state index is 10.6. The molecular weight excluding hydrogens is 226 g/mol. The highest BCUT2D eigenvalue weighted by Gasteiger charge is 2.21. The Kier molecular flexibility index (Phi) is 7.92. The molecular formula is C15H29NO2. The Hall–Kier alpha value is -0.830. The van der Waals surface area contributed by atoms with E-state index in [2.05, 4.69) is 26.1 Å². The average Bonchev–Trinajstić information content (AvgIpc) is 2.14. The first kappa shape index (κ1) is 17.2. The summed E-state index contributed by atoms with van der Waals surface area (Å²) in [6.07, 6.45) is 4.37. The first-order chi connectivity index (χ1) is 8.30. The van der Waals surface area contributed by atoms with Gasteiger partial charge in [-0.25, -0.2) is 0 Å². The fraction of sp³-hybridized carbons (Fsp3) is 0.800. The van der Waals surface area contributed by atoms with Crippen LogP contribution in [0, 0.1) is 11.3 Å². The Bertz CT molecular complexity index is 270. The zero-order chi connectivity index (χ0) is 14.2. The van der Waals surface area contributed by atoms with Gasteiger partial charge in [0.15, 0.2) is 0 Å². The Morgan fingerprint density at radius 2 is 2.00 bits per heavy atom. The van der Waals surface area contributed by atoms with Gasteiger partial charge >= 0.3 is 0 Å². The molecule has 0 aliphatic rings. The van der Waals surface area contributed by atoms with Crippen LogP contribution in [0.5, 0.6) is 0 Å². The fourth-order valence-corrected chi connectivity index (χ4v) is 2.03. The Balaban J connectivity index is 4.53. The number of carbonyl (C=O) groups excluding carboxylic acids is 1. The average molecular weight is 255 g/mol. The molecule has 0 saturated heterocycles. The van der Waals surface area contributed by atoms with Gasteiger partial charge in [0.25, 0.3) is 0 Å². The number of hydrogen-bond acceptors (Lipinski definition) is 3. The van der Waals surface area contributed by atoms with Gasteiger partial charge in [-0.1, -0.05) is 27.7 Å². The quantitative estimate of drug-likeness (QED) is 0.623. The molecule has 3 heteroatoms. The predicted molar refractivity (Wildman–Crippen MR) is 76.3 cm³/mol. The molecule has 0 saturated carbocycles. The van der Waals surface area contributed by atoms with E-state index in [0.717, 1.165) is 24.9 Å². The summed E-state index contributed by atoms with van der Waals surface area (Å²) < 4.78 is 0. The van der Waals surface area contributed by atoms with Crippen LogP contribution in [0.15, 0.2) is 11.8 Å². The van der Waals surface area contributed by atoms with E-state index in [1.807, 2.05) is 19.9 Å². The molecule has 0 bridgehead atoms. The van der Waals surface area contributed by atoms with Gasteiger partial charge in [-0.3, -0.25) is 0 Å². The zero-order valence-electron chi connectivity index (χ0n) is 12.5. The van der Waals surface area contributed by atoms with Crippen LogP contribution in [-0.4, -0.2) is 24.0 Å². The van der Waals surface area contributed by atoms with Gasteiger partial charge in [0.1, 0.15) is 6.29 Å². The molecule has 0 aliphatic carbocycles. The van der Waals surface area contributed by atoms with Crippen molar-refractivity contribution in [3.8, 4) is 0 Å². The number of carbonyl (C=O) groups is 1. The van der Waals surface area contributed by atoms with Crippen molar-refractivity contribution >= 4 is 6.29 Å². The van der Waals surface area contributed by atoms with Crippen molar-refractivity contribution in [3.63, 3.8) is 0 Å². The Labute approximate surface area is 112 Å². The van der Waals surface area contributed by atoms with Crippen molar-refractivity contribution in [2.75, 3.05) is 6.54 Å². The summed E-state index contributed by atoms with van der Waals surface area (Å²) in [6, 6.07) is 0. The van der Waals surface area contributed by atoms with Gasteiger partial charge in [0, 0.05) is 18.7 Å². The molecule has 1 atom stereocenters. The van der Waals surface area contributed by atoms with E-state index >= 15 is 0 Å².